The SMILES string of the molecule is Cc1ccc(NC(=O)C2CCN(CCC#N)CC2)c(Br)c1. The molecule has 0 atom stereocenters. The van der Waals surface area contributed by atoms with Crippen LogP contribution in [0.15, 0.2) is 22.7 Å². The number of aryl methyl sites for hydroxylation is 1. The van der Waals surface area contributed by atoms with E-state index in [4.69, 9.17) is 5.26 Å². The van der Waals surface area contributed by atoms with Crippen molar-refractivity contribution in [3.63, 3.8) is 0 Å². The molecule has 0 spiro atoms. The molecule has 0 unspecified atom stereocenters. The number of hydrogen-bond acceptors (Lipinski definition) is 3. The number of nitrogens with zero attached hydrogens (tertiary/aromatic N) is 2. The third-order valence-electron chi connectivity index (χ3n) is 3.88. The van der Waals surface area contributed by atoms with Gasteiger partial charge in [-0.25, -0.2) is 0 Å². The fourth-order valence-corrected chi connectivity index (χ4v) is 3.18. The molecule has 1 N–H and O–H groups in total. The minimum Gasteiger partial charge on any atom is -0.325 e. The van der Waals surface area contributed by atoms with Gasteiger partial charge in [0.15, 0.2) is 0 Å². The van der Waals surface area contributed by atoms with Gasteiger partial charge in [-0.05, 0) is 66.5 Å². The van der Waals surface area contributed by atoms with E-state index in [0.717, 1.165) is 48.2 Å². The van der Waals surface area contributed by atoms with Crippen LogP contribution in [0.1, 0.15) is 24.8 Å². The van der Waals surface area contributed by atoms with Crippen LogP contribution in [0, 0.1) is 24.2 Å². The van der Waals surface area contributed by atoms with Crippen LogP contribution in [0.3, 0.4) is 0 Å². The molecule has 1 saturated heterocycles. The number of hydrogen-bond donors (Lipinski definition) is 1. The van der Waals surface area contributed by atoms with Gasteiger partial charge in [-0.2, -0.15) is 5.26 Å². The lowest BCUT2D eigenvalue weighted by Crippen LogP contribution is -2.38. The Bertz CT molecular complexity index is 545. The molecule has 1 aromatic carbocycles. The number of carbonyl (C=O) groups excluding carboxylic acids is 1. The van der Waals surface area contributed by atoms with E-state index in [9.17, 15) is 4.79 Å². The van der Waals surface area contributed by atoms with E-state index >= 15 is 0 Å². The summed E-state index contributed by atoms with van der Waals surface area (Å²) in [5.74, 6) is 0.163. The predicted molar refractivity (Wildman–Crippen MR) is 86.9 cm³/mol. The first-order valence-corrected chi connectivity index (χ1v) is 8.06. The maximum atomic E-state index is 12.3. The van der Waals surface area contributed by atoms with Gasteiger partial charge in [-0.15, -0.1) is 0 Å². The zero-order valence-electron chi connectivity index (χ0n) is 12.2. The Morgan fingerprint density at radius 2 is 2.19 bits per heavy atom. The monoisotopic (exact) mass is 349 g/mol. The average Bonchev–Trinajstić information content (AvgIpc) is 2.48. The van der Waals surface area contributed by atoms with Crippen LogP contribution >= 0.6 is 15.9 Å². The molecule has 1 aliphatic heterocycles. The van der Waals surface area contributed by atoms with Crippen molar-refractivity contribution in [1.29, 1.82) is 5.26 Å². The van der Waals surface area contributed by atoms with Crippen molar-refractivity contribution < 1.29 is 4.79 Å². The summed E-state index contributed by atoms with van der Waals surface area (Å²) >= 11 is 3.48. The first kappa shape index (κ1) is 16.0. The lowest BCUT2D eigenvalue weighted by molar-refractivity contribution is -0.121. The van der Waals surface area contributed by atoms with Crippen LogP contribution in [0.5, 0.6) is 0 Å². The predicted octanol–water partition coefficient (Wildman–Crippen LogP) is 3.32. The van der Waals surface area contributed by atoms with Gasteiger partial charge in [-0.3, -0.25) is 4.79 Å². The lowest BCUT2D eigenvalue weighted by Gasteiger charge is -2.30. The highest BCUT2D eigenvalue weighted by atomic mass is 79.9. The van der Waals surface area contributed by atoms with Crippen molar-refractivity contribution in [2.45, 2.75) is 26.2 Å². The lowest BCUT2D eigenvalue weighted by atomic mass is 9.95. The van der Waals surface area contributed by atoms with E-state index in [0.29, 0.717) is 6.42 Å². The Kier molecular flexibility index (Phi) is 5.77. The number of rotatable bonds is 4. The number of nitriles is 1. The van der Waals surface area contributed by atoms with Crippen molar-refractivity contribution in [3.8, 4) is 6.07 Å². The van der Waals surface area contributed by atoms with Gasteiger partial charge in [0, 0.05) is 23.4 Å². The van der Waals surface area contributed by atoms with Gasteiger partial charge >= 0.3 is 0 Å². The molecule has 1 amide bonds. The number of benzene rings is 1. The largest absolute Gasteiger partial charge is 0.325 e. The number of piperidine rings is 1. The van der Waals surface area contributed by atoms with Crippen molar-refractivity contribution >= 4 is 27.5 Å². The first-order chi connectivity index (χ1) is 10.1. The van der Waals surface area contributed by atoms with Crippen molar-refractivity contribution in [3.05, 3.63) is 28.2 Å². The number of carbonyl (C=O) groups is 1. The van der Waals surface area contributed by atoms with Gasteiger partial charge in [-0.1, -0.05) is 6.07 Å². The van der Waals surface area contributed by atoms with E-state index < -0.39 is 0 Å². The summed E-state index contributed by atoms with van der Waals surface area (Å²) in [6.45, 7) is 4.63. The normalized spacial score (nSPS) is 16.4. The molecular weight excluding hydrogens is 330 g/mol. The highest BCUT2D eigenvalue weighted by molar-refractivity contribution is 9.10. The number of likely N-dealkylation sites (tertiary alicyclic amines) is 1. The number of anilines is 1. The van der Waals surface area contributed by atoms with Gasteiger partial charge in [0.1, 0.15) is 0 Å². The van der Waals surface area contributed by atoms with Crippen LogP contribution in [0.4, 0.5) is 5.69 Å². The molecule has 0 radical (unpaired) electrons. The highest BCUT2D eigenvalue weighted by Crippen LogP contribution is 2.25. The van der Waals surface area contributed by atoms with Crippen LogP contribution in [-0.4, -0.2) is 30.4 Å². The Labute approximate surface area is 134 Å². The van der Waals surface area contributed by atoms with E-state index in [1.165, 1.54) is 0 Å². The van der Waals surface area contributed by atoms with Gasteiger partial charge in [0.2, 0.25) is 5.91 Å². The van der Waals surface area contributed by atoms with Crippen molar-refractivity contribution in [2.75, 3.05) is 25.0 Å². The van der Waals surface area contributed by atoms with E-state index in [1.54, 1.807) is 0 Å². The van der Waals surface area contributed by atoms with Gasteiger partial charge in [0.05, 0.1) is 11.8 Å². The fraction of sp³-hybridized carbons (Fsp3) is 0.500. The second-order valence-electron chi connectivity index (χ2n) is 5.50. The highest BCUT2D eigenvalue weighted by Gasteiger charge is 2.25. The van der Waals surface area contributed by atoms with Crippen LogP contribution in [-0.2, 0) is 4.79 Å². The second-order valence-corrected chi connectivity index (χ2v) is 6.35. The third kappa shape index (κ3) is 4.55. The van der Waals surface area contributed by atoms with E-state index in [1.807, 2.05) is 25.1 Å². The summed E-state index contributed by atoms with van der Waals surface area (Å²) in [5.41, 5.74) is 1.99. The summed E-state index contributed by atoms with van der Waals surface area (Å²) < 4.78 is 0.919. The summed E-state index contributed by atoms with van der Waals surface area (Å²) in [6, 6.07) is 8.09. The molecule has 1 aromatic rings. The molecule has 4 nitrogen and oxygen atoms in total. The topological polar surface area (TPSA) is 56.1 Å². The summed E-state index contributed by atoms with van der Waals surface area (Å²) in [7, 11) is 0. The molecule has 0 saturated carbocycles. The number of halogens is 1. The molecule has 0 aliphatic carbocycles. The van der Waals surface area contributed by atoms with Crippen LogP contribution < -0.4 is 5.32 Å². The Morgan fingerprint density at radius 1 is 1.48 bits per heavy atom. The van der Waals surface area contributed by atoms with E-state index in [-0.39, 0.29) is 11.8 Å². The van der Waals surface area contributed by atoms with Crippen LogP contribution in [0.25, 0.3) is 0 Å². The minimum atomic E-state index is 0.0662. The number of nitrogens with one attached hydrogen (secondary N) is 1. The first-order valence-electron chi connectivity index (χ1n) is 7.26. The van der Waals surface area contributed by atoms with Crippen molar-refractivity contribution in [2.24, 2.45) is 5.92 Å². The quantitative estimate of drug-likeness (QED) is 0.906. The summed E-state index contributed by atoms with van der Waals surface area (Å²) in [5, 5.41) is 11.6. The fourth-order valence-electron chi connectivity index (χ4n) is 2.58. The zero-order chi connectivity index (χ0) is 15.2. The molecule has 1 aliphatic rings. The number of amides is 1. The average molecular weight is 350 g/mol. The molecule has 1 heterocycles. The maximum absolute atomic E-state index is 12.3. The maximum Gasteiger partial charge on any atom is 0.227 e. The smallest absolute Gasteiger partial charge is 0.227 e. The molecule has 0 bridgehead atoms. The Balaban J connectivity index is 1.86. The van der Waals surface area contributed by atoms with Crippen LogP contribution in [0.2, 0.25) is 0 Å². The molecular formula is C16H20BrN3O. The Hall–Kier alpha value is -1.38. The molecule has 112 valence electrons. The standard InChI is InChI=1S/C16H20BrN3O/c1-12-3-4-15(14(17)11-12)19-16(21)13-5-9-20(10-6-13)8-2-7-18/h3-4,11,13H,2,5-6,8-10H2,1H3,(H,19,21). The molecule has 2 rings (SSSR count). The summed E-state index contributed by atoms with van der Waals surface area (Å²) in [6.07, 6.45) is 2.29. The second kappa shape index (κ2) is 7.58. The van der Waals surface area contributed by atoms with Gasteiger partial charge in [0.25, 0.3) is 0 Å². The molecule has 1 fully saturated rings. The summed E-state index contributed by atoms with van der Waals surface area (Å²) in [4.78, 5) is 14.6. The van der Waals surface area contributed by atoms with E-state index in [2.05, 4.69) is 32.2 Å². The molecule has 0 aromatic heterocycles. The zero-order valence-corrected chi connectivity index (χ0v) is 13.8. The minimum absolute atomic E-state index is 0.0662. The van der Waals surface area contributed by atoms with Gasteiger partial charge < -0.3 is 10.2 Å². The Morgan fingerprint density at radius 3 is 2.81 bits per heavy atom. The molecule has 5 heteroatoms. The molecule has 21 heavy (non-hydrogen) atoms. The third-order valence-corrected chi connectivity index (χ3v) is 4.54. The van der Waals surface area contributed by atoms with Crippen molar-refractivity contribution in [1.82, 2.24) is 4.90 Å².